The zero-order valence-electron chi connectivity index (χ0n) is 16.3. The first kappa shape index (κ1) is 19.1. The van der Waals surface area contributed by atoms with Gasteiger partial charge in [-0.2, -0.15) is 5.10 Å². The highest BCUT2D eigenvalue weighted by Gasteiger charge is 2.22. The van der Waals surface area contributed by atoms with Crippen molar-refractivity contribution in [2.24, 2.45) is 0 Å². The molecule has 2 N–H and O–H groups in total. The van der Waals surface area contributed by atoms with Crippen molar-refractivity contribution in [1.29, 1.82) is 0 Å². The molecule has 0 atom stereocenters. The Labute approximate surface area is 182 Å². The van der Waals surface area contributed by atoms with Crippen molar-refractivity contribution in [2.45, 2.75) is 6.54 Å². The Morgan fingerprint density at radius 1 is 1.03 bits per heavy atom. The summed E-state index contributed by atoms with van der Waals surface area (Å²) < 4.78 is 1.97. The predicted molar refractivity (Wildman–Crippen MR) is 122 cm³/mol. The van der Waals surface area contributed by atoms with Crippen LogP contribution in [-0.4, -0.2) is 26.5 Å². The van der Waals surface area contributed by atoms with E-state index in [0.717, 1.165) is 27.4 Å². The molecule has 31 heavy (non-hydrogen) atoms. The summed E-state index contributed by atoms with van der Waals surface area (Å²) in [6, 6.07) is 20.4. The zero-order chi connectivity index (χ0) is 21.4. The van der Waals surface area contributed by atoms with Gasteiger partial charge in [-0.1, -0.05) is 41.9 Å². The molecule has 0 spiro atoms. The van der Waals surface area contributed by atoms with E-state index in [9.17, 15) is 9.59 Å². The molecule has 0 aliphatic heterocycles. The number of carbonyl (C=O) groups excluding carboxylic acids is 2. The lowest BCUT2D eigenvalue weighted by atomic mass is 10.1. The molecule has 0 unspecified atom stereocenters. The molecule has 7 heteroatoms. The van der Waals surface area contributed by atoms with Gasteiger partial charge in [-0.3, -0.25) is 14.7 Å². The molecule has 5 rings (SSSR count). The minimum absolute atomic E-state index is 0.367. The van der Waals surface area contributed by atoms with Crippen molar-refractivity contribution >= 4 is 50.8 Å². The molecule has 0 bridgehead atoms. The Morgan fingerprint density at radius 3 is 2.68 bits per heavy atom. The molecule has 152 valence electrons. The fraction of sp³-hybridized carbons (Fsp3) is 0.0417. The first-order chi connectivity index (χ1) is 15.1. The normalized spacial score (nSPS) is 11.1. The Kier molecular flexibility index (Phi) is 4.76. The number of fused-ring (bicyclic) bond motifs is 2. The van der Waals surface area contributed by atoms with Gasteiger partial charge in [-0.05, 0) is 42.0 Å². The van der Waals surface area contributed by atoms with Gasteiger partial charge in [0.05, 0.1) is 17.3 Å². The summed E-state index contributed by atoms with van der Waals surface area (Å²) in [5, 5.41) is 11.8. The van der Waals surface area contributed by atoms with Gasteiger partial charge in [0.2, 0.25) is 0 Å². The third-order valence-electron chi connectivity index (χ3n) is 5.20. The molecule has 0 fully saturated rings. The second-order valence-electron chi connectivity index (χ2n) is 7.27. The van der Waals surface area contributed by atoms with E-state index in [1.165, 1.54) is 0 Å². The second kappa shape index (κ2) is 7.74. The van der Waals surface area contributed by atoms with E-state index in [1.807, 2.05) is 53.1 Å². The zero-order valence-corrected chi connectivity index (χ0v) is 17.1. The number of aromatic amines is 1. The number of Topliss-reactive ketones (excluding diaryl/α,β-unsaturated/α-hetero) is 1. The van der Waals surface area contributed by atoms with Gasteiger partial charge in [0.25, 0.3) is 11.7 Å². The summed E-state index contributed by atoms with van der Waals surface area (Å²) in [7, 11) is 0. The van der Waals surface area contributed by atoms with Crippen molar-refractivity contribution in [1.82, 2.24) is 14.8 Å². The SMILES string of the molecule is O=C(Nc1ccc2[nH]ncc2c1)C(=O)c1cn(Cc2ccc(Cl)cc2)c2ccccc12. The van der Waals surface area contributed by atoms with Crippen molar-refractivity contribution in [2.75, 3.05) is 5.32 Å². The van der Waals surface area contributed by atoms with Crippen LogP contribution in [0.3, 0.4) is 0 Å². The lowest BCUT2D eigenvalue weighted by molar-refractivity contribution is -0.112. The van der Waals surface area contributed by atoms with Crippen LogP contribution in [0.1, 0.15) is 15.9 Å². The number of benzene rings is 3. The van der Waals surface area contributed by atoms with Gasteiger partial charge in [0, 0.05) is 39.7 Å². The van der Waals surface area contributed by atoms with Crippen molar-refractivity contribution in [3.63, 3.8) is 0 Å². The number of amides is 1. The number of carbonyl (C=O) groups is 2. The minimum Gasteiger partial charge on any atom is -0.342 e. The van der Waals surface area contributed by atoms with Gasteiger partial charge in [0.15, 0.2) is 0 Å². The molecular weight excluding hydrogens is 412 g/mol. The Morgan fingerprint density at radius 2 is 1.84 bits per heavy atom. The molecule has 0 saturated heterocycles. The number of H-pyrrole nitrogens is 1. The molecule has 0 aliphatic rings. The van der Waals surface area contributed by atoms with Crippen LogP contribution in [0.25, 0.3) is 21.8 Å². The van der Waals surface area contributed by atoms with Crippen molar-refractivity contribution in [3.05, 3.63) is 95.3 Å². The van der Waals surface area contributed by atoms with E-state index >= 15 is 0 Å². The summed E-state index contributed by atoms with van der Waals surface area (Å²) >= 11 is 5.98. The Hall–Kier alpha value is -3.90. The van der Waals surface area contributed by atoms with Crippen LogP contribution < -0.4 is 5.32 Å². The smallest absolute Gasteiger partial charge is 0.296 e. The molecule has 0 aliphatic carbocycles. The molecule has 1 amide bonds. The average Bonchev–Trinajstić information content (AvgIpc) is 3.39. The molecule has 0 radical (unpaired) electrons. The number of hydrogen-bond acceptors (Lipinski definition) is 3. The maximum Gasteiger partial charge on any atom is 0.296 e. The van der Waals surface area contributed by atoms with E-state index in [2.05, 4.69) is 15.5 Å². The van der Waals surface area contributed by atoms with Crippen LogP contribution >= 0.6 is 11.6 Å². The van der Waals surface area contributed by atoms with Crippen LogP contribution in [0.5, 0.6) is 0 Å². The number of anilines is 1. The van der Waals surface area contributed by atoms with Crippen molar-refractivity contribution < 1.29 is 9.59 Å². The third kappa shape index (κ3) is 3.69. The molecule has 2 heterocycles. The van der Waals surface area contributed by atoms with Gasteiger partial charge < -0.3 is 9.88 Å². The first-order valence-corrected chi connectivity index (χ1v) is 10.1. The third-order valence-corrected chi connectivity index (χ3v) is 5.46. The van der Waals surface area contributed by atoms with E-state index in [4.69, 9.17) is 11.6 Å². The molecule has 2 aromatic heterocycles. The molecule has 5 aromatic rings. The van der Waals surface area contributed by atoms with Crippen LogP contribution in [0.4, 0.5) is 5.69 Å². The van der Waals surface area contributed by atoms with Crippen LogP contribution in [-0.2, 0) is 11.3 Å². The summed E-state index contributed by atoms with van der Waals surface area (Å²) in [6.07, 6.45) is 3.40. The monoisotopic (exact) mass is 428 g/mol. The topological polar surface area (TPSA) is 79.8 Å². The highest BCUT2D eigenvalue weighted by molar-refractivity contribution is 6.48. The summed E-state index contributed by atoms with van der Waals surface area (Å²) in [4.78, 5) is 25.8. The highest BCUT2D eigenvalue weighted by atomic mass is 35.5. The van der Waals surface area contributed by atoms with Gasteiger partial charge >= 0.3 is 0 Å². The number of ketones is 1. The Balaban J connectivity index is 1.45. The van der Waals surface area contributed by atoms with Crippen LogP contribution in [0.2, 0.25) is 5.02 Å². The van der Waals surface area contributed by atoms with Crippen molar-refractivity contribution in [3.8, 4) is 0 Å². The molecule has 6 nitrogen and oxygen atoms in total. The summed E-state index contributed by atoms with van der Waals surface area (Å²) in [5.74, 6) is -1.27. The van der Waals surface area contributed by atoms with Crippen LogP contribution in [0, 0.1) is 0 Å². The molecule has 0 saturated carbocycles. The van der Waals surface area contributed by atoms with Gasteiger partial charge in [-0.15, -0.1) is 0 Å². The van der Waals surface area contributed by atoms with Gasteiger partial charge in [-0.25, -0.2) is 0 Å². The number of hydrogen-bond donors (Lipinski definition) is 2. The van der Waals surface area contributed by atoms with E-state index in [1.54, 1.807) is 30.6 Å². The first-order valence-electron chi connectivity index (χ1n) is 9.69. The number of nitrogens with zero attached hydrogens (tertiary/aromatic N) is 2. The number of halogens is 1. The standard InChI is InChI=1S/C24H17ClN4O2/c25-17-7-5-15(6-8-17)13-29-14-20(19-3-1-2-4-22(19)29)23(30)24(31)27-18-9-10-21-16(11-18)12-26-28-21/h1-12,14H,13H2,(H,26,28)(H,27,31). The fourth-order valence-corrected chi connectivity index (χ4v) is 3.80. The Bertz CT molecular complexity index is 1430. The number of rotatable bonds is 5. The van der Waals surface area contributed by atoms with E-state index < -0.39 is 11.7 Å². The van der Waals surface area contributed by atoms with Gasteiger partial charge in [0.1, 0.15) is 0 Å². The number of para-hydroxylation sites is 1. The maximum absolute atomic E-state index is 13.0. The molecular formula is C24H17ClN4O2. The van der Waals surface area contributed by atoms with E-state index in [0.29, 0.717) is 22.8 Å². The maximum atomic E-state index is 13.0. The van der Waals surface area contributed by atoms with Crippen LogP contribution in [0.15, 0.2) is 79.1 Å². The molecule has 3 aromatic carbocycles. The quantitative estimate of drug-likeness (QED) is 0.304. The summed E-state index contributed by atoms with van der Waals surface area (Å²) in [6.45, 7) is 0.559. The lowest BCUT2D eigenvalue weighted by Crippen LogP contribution is -2.22. The van der Waals surface area contributed by atoms with E-state index in [-0.39, 0.29) is 0 Å². The minimum atomic E-state index is -0.683. The lowest BCUT2D eigenvalue weighted by Gasteiger charge is -2.05. The number of nitrogens with one attached hydrogen (secondary N) is 2. The second-order valence-corrected chi connectivity index (χ2v) is 7.71. The highest BCUT2D eigenvalue weighted by Crippen LogP contribution is 2.24. The predicted octanol–water partition coefficient (Wildman–Crippen LogP) is 5.04. The summed E-state index contributed by atoms with van der Waals surface area (Å²) in [5.41, 5.74) is 3.69. The fourth-order valence-electron chi connectivity index (χ4n) is 3.68. The number of aromatic nitrogens is 3. The average molecular weight is 429 g/mol. The largest absolute Gasteiger partial charge is 0.342 e.